The zero-order chi connectivity index (χ0) is 24.2. The Hall–Kier alpha value is -3.27. The van der Waals surface area contributed by atoms with Crippen molar-refractivity contribution in [3.05, 3.63) is 100 Å². The first-order chi connectivity index (χ1) is 17.1. The molecule has 35 heavy (non-hydrogen) atoms. The summed E-state index contributed by atoms with van der Waals surface area (Å²) >= 11 is 8.28. The Morgan fingerprint density at radius 3 is 2.43 bits per heavy atom. The number of amides is 1. The fourth-order valence-corrected chi connectivity index (χ4v) is 6.09. The molecule has 4 aromatic rings. The number of ether oxygens (including phenoxy) is 1. The normalized spacial score (nSPS) is 15.2. The Morgan fingerprint density at radius 1 is 1.06 bits per heavy atom. The summed E-state index contributed by atoms with van der Waals surface area (Å²) in [4.78, 5) is 13.4. The molecule has 3 aromatic carbocycles. The third kappa shape index (κ3) is 5.22. The number of para-hydroxylation sites is 1. The van der Waals surface area contributed by atoms with Crippen LogP contribution in [0.2, 0.25) is 0 Å². The standard InChI is InChI=1S/C26H22N4O2S3/c1-32-21-14-12-19(13-15-21)23-16-22(18-8-4-2-5-9-18)27-30(23)24(31)17-34-25-28-29(26(33)35-25)20-10-6-3-7-11-20/h2-15,23H,16-17H2,1H3/t23-/m1/s1. The highest BCUT2D eigenvalue weighted by Gasteiger charge is 2.33. The van der Waals surface area contributed by atoms with Gasteiger partial charge in [-0.1, -0.05) is 83.8 Å². The fraction of sp³-hybridized carbons (Fsp3) is 0.154. The largest absolute Gasteiger partial charge is 0.497 e. The van der Waals surface area contributed by atoms with E-state index in [1.165, 1.54) is 23.1 Å². The van der Waals surface area contributed by atoms with Gasteiger partial charge in [-0.2, -0.15) is 5.10 Å². The summed E-state index contributed by atoms with van der Waals surface area (Å²) in [5.74, 6) is 0.920. The van der Waals surface area contributed by atoms with Gasteiger partial charge in [0.15, 0.2) is 8.29 Å². The highest BCUT2D eigenvalue weighted by atomic mass is 32.2. The predicted molar refractivity (Wildman–Crippen MR) is 143 cm³/mol. The van der Waals surface area contributed by atoms with Gasteiger partial charge in [0.25, 0.3) is 5.91 Å². The van der Waals surface area contributed by atoms with Gasteiger partial charge in [-0.3, -0.25) is 4.79 Å². The van der Waals surface area contributed by atoms with Crippen LogP contribution < -0.4 is 4.74 Å². The maximum Gasteiger partial charge on any atom is 0.253 e. The summed E-state index contributed by atoms with van der Waals surface area (Å²) in [6.07, 6.45) is 0.647. The fourth-order valence-electron chi connectivity index (χ4n) is 3.87. The average molecular weight is 519 g/mol. The molecule has 0 aliphatic carbocycles. The zero-order valence-corrected chi connectivity index (χ0v) is 21.4. The molecule has 0 radical (unpaired) electrons. The molecule has 0 fully saturated rings. The summed E-state index contributed by atoms with van der Waals surface area (Å²) in [7, 11) is 1.64. The molecule has 9 heteroatoms. The number of aromatic nitrogens is 2. The van der Waals surface area contributed by atoms with Crippen LogP contribution in [-0.2, 0) is 4.79 Å². The second-order valence-electron chi connectivity index (χ2n) is 7.81. The number of benzene rings is 3. The Bertz CT molecular complexity index is 1400. The summed E-state index contributed by atoms with van der Waals surface area (Å²) < 4.78 is 8.43. The van der Waals surface area contributed by atoms with Crippen LogP contribution in [0.15, 0.2) is 94.4 Å². The molecular weight excluding hydrogens is 497 g/mol. The van der Waals surface area contributed by atoms with Crippen LogP contribution in [-0.4, -0.2) is 39.3 Å². The van der Waals surface area contributed by atoms with E-state index in [2.05, 4.69) is 5.10 Å². The number of carbonyl (C=O) groups is 1. The minimum atomic E-state index is -0.177. The molecule has 6 nitrogen and oxygen atoms in total. The third-order valence-corrected chi connectivity index (χ3v) is 7.97. The lowest BCUT2D eigenvalue weighted by atomic mass is 9.98. The Balaban J connectivity index is 1.36. The second kappa shape index (κ2) is 10.6. The number of carbonyl (C=O) groups excluding carboxylic acids is 1. The van der Waals surface area contributed by atoms with Crippen molar-refractivity contribution in [3.8, 4) is 11.4 Å². The van der Waals surface area contributed by atoms with Gasteiger partial charge >= 0.3 is 0 Å². The number of methoxy groups -OCH3 is 1. The molecule has 1 atom stereocenters. The van der Waals surface area contributed by atoms with Crippen LogP contribution in [0.1, 0.15) is 23.6 Å². The van der Waals surface area contributed by atoms with E-state index in [4.69, 9.17) is 22.1 Å². The van der Waals surface area contributed by atoms with Crippen LogP contribution in [0.25, 0.3) is 5.69 Å². The van der Waals surface area contributed by atoms with Gasteiger partial charge < -0.3 is 4.74 Å². The van der Waals surface area contributed by atoms with Crippen molar-refractivity contribution in [3.63, 3.8) is 0 Å². The molecule has 0 saturated carbocycles. The Kier molecular flexibility index (Phi) is 7.08. The molecule has 176 valence electrons. The van der Waals surface area contributed by atoms with Crippen molar-refractivity contribution in [2.24, 2.45) is 5.10 Å². The first kappa shape index (κ1) is 23.5. The lowest BCUT2D eigenvalue weighted by Gasteiger charge is -2.22. The van der Waals surface area contributed by atoms with E-state index in [1.54, 1.807) is 16.8 Å². The Morgan fingerprint density at radius 2 is 1.74 bits per heavy atom. The van der Waals surface area contributed by atoms with Crippen molar-refractivity contribution in [2.75, 3.05) is 12.9 Å². The van der Waals surface area contributed by atoms with Gasteiger partial charge in [0.2, 0.25) is 0 Å². The second-order valence-corrected chi connectivity index (χ2v) is 10.7. The van der Waals surface area contributed by atoms with Crippen molar-refractivity contribution in [1.82, 2.24) is 14.8 Å². The van der Waals surface area contributed by atoms with Crippen LogP contribution in [0.5, 0.6) is 5.75 Å². The molecule has 0 N–H and O–H groups in total. The predicted octanol–water partition coefficient (Wildman–Crippen LogP) is 6.14. The summed E-state index contributed by atoms with van der Waals surface area (Å²) in [5, 5.41) is 11.0. The monoisotopic (exact) mass is 518 g/mol. The highest BCUT2D eigenvalue weighted by Crippen LogP contribution is 2.35. The topological polar surface area (TPSA) is 59.7 Å². The van der Waals surface area contributed by atoms with Crippen molar-refractivity contribution >= 4 is 46.9 Å². The number of hydrogen-bond acceptors (Lipinski definition) is 7. The molecule has 0 unspecified atom stereocenters. The van der Waals surface area contributed by atoms with Gasteiger partial charge in [0.05, 0.1) is 30.3 Å². The quantitative estimate of drug-likeness (QED) is 0.217. The number of hydrogen-bond donors (Lipinski definition) is 0. The lowest BCUT2D eigenvalue weighted by Crippen LogP contribution is -2.28. The molecule has 1 amide bonds. The van der Waals surface area contributed by atoms with Crippen molar-refractivity contribution in [1.29, 1.82) is 0 Å². The van der Waals surface area contributed by atoms with Gasteiger partial charge in [0, 0.05) is 6.42 Å². The van der Waals surface area contributed by atoms with Gasteiger partial charge in [0.1, 0.15) is 5.75 Å². The SMILES string of the molecule is COc1ccc([C@H]2CC(c3ccccc3)=NN2C(=O)CSc2nn(-c3ccccc3)c(=S)s2)cc1. The maximum absolute atomic E-state index is 13.4. The highest BCUT2D eigenvalue weighted by molar-refractivity contribution is 8.01. The summed E-state index contributed by atoms with van der Waals surface area (Å²) in [6, 6.07) is 27.4. The molecule has 1 aliphatic heterocycles. The number of nitrogens with zero attached hydrogens (tertiary/aromatic N) is 4. The molecule has 5 rings (SSSR count). The molecule has 0 saturated heterocycles. The van der Waals surface area contributed by atoms with Crippen LogP contribution >= 0.6 is 35.3 Å². The summed E-state index contributed by atoms with van der Waals surface area (Å²) in [6.45, 7) is 0. The van der Waals surface area contributed by atoms with E-state index in [0.717, 1.165) is 32.6 Å². The van der Waals surface area contributed by atoms with E-state index in [-0.39, 0.29) is 17.7 Å². The van der Waals surface area contributed by atoms with E-state index >= 15 is 0 Å². The van der Waals surface area contributed by atoms with Crippen LogP contribution in [0, 0.1) is 3.95 Å². The number of hydrazone groups is 1. The molecule has 0 bridgehead atoms. The molecular formula is C26H22N4O2S3. The maximum atomic E-state index is 13.4. The van der Waals surface area contributed by atoms with Crippen LogP contribution in [0.4, 0.5) is 0 Å². The van der Waals surface area contributed by atoms with Crippen LogP contribution in [0.3, 0.4) is 0 Å². The first-order valence-electron chi connectivity index (χ1n) is 11.0. The minimum Gasteiger partial charge on any atom is -0.497 e. The van der Waals surface area contributed by atoms with Gasteiger partial charge in [-0.25, -0.2) is 9.69 Å². The molecule has 2 heterocycles. The van der Waals surface area contributed by atoms with Gasteiger partial charge in [-0.15, -0.1) is 5.10 Å². The third-order valence-electron chi connectivity index (χ3n) is 5.62. The number of thioether (sulfide) groups is 1. The lowest BCUT2D eigenvalue weighted by molar-refractivity contribution is -0.130. The first-order valence-corrected chi connectivity index (χ1v) is 13.2. The van der Waals surface area contributed by atoms with Gasteiger partial charge in [-0.05, 0) is 47.6 Å². The van der Waals surface area contributed by atoms with E-state index in [0.29, 0.717) is 10.4 Å². The molecule has 1 aromatic heterocycles. The molecule has 0 spiro atoms. The van der Waals surface area contributed by atoms with E-state index < -0.39 is 0 Å². The number of rotatable bonds is 7. The zero-order valence-electron chi connectivity index (χ0n) is 18.9. The van der Waals surface area contributed by atoms with E-state index in [1.807, 2.05) is 84.9 Å². The molecule has 1 aliphatic rings. The van der Waals surface area contributed by atoms with E-state index in [9.17, 15) is 4.79 Å². The summed E-state index contributed by atoms with van der Waals surface area (Å²) in [5.41, 5.74) is 3.84. The smallest absolute Gasteiger partial charge is 0.253 e. The Labute approximate surface area is 216 Å². The average Bonchev–Trinajstić information content (AvgIpc) is 3.52. The minimum absolute atomic E-state index is 0.0749. The van der Waals surface area contributed by atoms with Crippen molar-refractivity contribution in [2.45, 2.75) is 16.8 Å². The van der Waals surface area contributed by atoms with Crippen molar-refractivity contribution < 1.29 is 9.53 Å².